The Morgan fingerprint density at radius 2 is 2.10 bits per heavy atom. The molecule has 0 spiro atoms. The van der Waals surface area contributed by atoms with Crippen LogP contribution in [-0.2, 0) is 10.0 Å². The molecule has 1 aromatic carbocycles. The maximum Gasteiger partial charge on any atom is 0.229 e. The van der Waals surface area contributed by atoms with Gasteiger partial charge in [0, 0.05) is 11.8 Å². The lowest BCUT2D eigenvalue weighted by Gasteiger charge is -2.39. The minimum atomic E-state index is -3.29. The fourth-order valence-corrected chi connectivity index (χ4v) is 4.61. The van der Waals surface area contributed by atoms with Crippen LogP contribution in [0.1, 0.15) is 20.3 Å². The lowest BCUT2D eigenvalue weighted by Crippen LogP contribution is -2.41. The van der Waals surface area contributed by atoms with Crippen LogP contribution < -0.4 is 10.0 Å². The van der Waals surface area contributed by atoms with Crippen molar-refractivity contribution in [3.63, 3.8) is 0 Å². The molecule has 1 unspecified atom stereocenters. The number of benzene rings is 1. The minimum absolute atomic E-state index is 0.189. The first-order valence-corrected chi connectivity index (χ1v) is 10.2. The Kier molecular flexibility index (Phi) is 5.00. The van der Waals surface area contributed by atoms with E-state index in [1.54, 1.807) is 18.2 Å². The Bertz CT molecular complexity index is 617. The average Bonchev–Trinajstić information content (AvgIpc) is 2.34. The van der Waals surface area contributed by atoms with Gasteiger partial charge in [-0.1, -0.05) is 25.4 Å². The highest BCUT2D eigenvalue weighted by atomic mass is 35.5. The van der Waals surface area contributed by atoms with Crippen LogP contribution in [0.25, 0.3) is 0 Å². The van der Waals surface area contributed by atoms with Gasteiger partial charge in [-0.25, -0.2) is 8.42 Å². The molecule has 2 rings (SSSR count). The molecule has 1 atom stereocenters. The van der Waals surface area contributed by atoms with Crippen molar-refractivity contribution in [2.75, 3.05) is 27.8 Å². The molecule has 1 fully saturated rings. The third kappa shape index (κ3) is 4.69. The van der Waals surface area contributed by atoms with E-state index in [0.29, 0.717) is 16.8 Å². The molecule has 1 aliphatic rings. The first-order chi connectivity index (χ1) is 9.67. The van der Waals surface area contributed by atoms with Gasteiger partial charge in [0.05, 0.1) is 22.7 Å². The molecule has 0 amide bonds. The fraction of sp³-hybridized carbons (Fsp3) is 0.571. The van der Waals surface area contributed by atoms with Crippen molar-refractivity contribution in [1.82, 2.24) is 0 Å². The molecule has 118 valence electrons. The molecule has 21 heavy (non-hydrogen) atoms. The Labute approximate surface area is 136 Å². The molecule has 0 radical (unpaired) electrons. The molecular formula is C14H21ClN2O2S2. The van der Waals surface area contributed by atoms with E-state index in [9.17, 15) is 8.42 Å². The van der Waals surface area contributed by atoms with Crippen molar-refractivity contribution < 1.29 is 8.42 Å². The summed E-state index contributed by atoms with van der Waals surface area (Å²) in [7, 11) is -3.29. The van der Waals surface area contributed by atoms with Crippen LogP contribution in [-0.4, -0.2) is 32.2 Å². The highest BCUT2D eigenvalue weighted by molar-refractivity contribution is 7.99. The van der Waals surface area contributed by atoms with E-state index in [1.807, 2.05) is 11.8 Å². The Balaban J connectivity index is 2.21. The second kappa shape index (κ2) is 6.26. The van der Waals surface area contributed by atoms with Crippen LogP contribution in [0.4, 0.5) is 11.4 Å². The molecule has 1 saturated heterocycles. The van der Waals surface area contributed by atoms with Crippen LogP contribution in [0.2, 0.25) is 5.02 Å². The van der Waals surface area contributed by atoms with E-state index < -0.39 is 10.0 Å². The lowest BCUT2D eigenvalue weighted by atomic mass is 9.82. The third-order valence-electron chi connectivity index (χ3n) is 3.72. The highest BCUT2D eigenvalue weighted by Crippen LogP contribution is 2.37. The van der Waals surface area contributed by atoms with E-state index in [2.05, 4.69) is 23.9 Å². The zero-order chi connectivity index (χ0) is 15.7. The van der Waals surface area contributed by atoms with Crippen molar-refractivity contribution >= 4 is 44.8 Å². The molecule has 7 heteroatoms. The summed E-state index contributed by atoms with van der Waals surface area (Å²) in [6.07, 6.45) is 2.28. The smallest absolute Gasteiger partial charge is 0.229 e. The van der Waals surface area contributed by atoms with Gasteiger partial charge in [0.15, 0.2) is 0 Å². The summed E-state index contributed by atoms with van der Waals surface area (Å²) in [5.74, 6) is 2.20. The largest absolute Gasteiger partial charge is 0.380 e. The minimum Gasteiger partial charge on any atom is -0.380 e. The fourth-order valence-electron chi connectivity index (χ4n) is 2.27. The number of nitrogens with one attached hydrogen (secondary N) is 2. The van der Waals surface area contributed by atoms with Crippen molar-refractivity contribution in [2.24, 2.45) is 5.41 Å². The quantitative estimate of drug-likeness (QED) is 0.871. The standard InChI is InChI=1S/C14H21ClN2O2S2/c1-14(2)6-7-20-9-13(14)16-12-8-10(4-5-11(12)15)17-21(3,18)19/h4-5,8,13,16-17H,6-7,9H2,1-3H3. The second-order valence-corrected chi connectivity index (χ2v) is 9.38. The molecule has 0 aliphatic carbocycles. The number of thioether (sulfide) groups is 1. The van der Waals surface area contributed by atoms with Crippen molar-refractivity contribution in [1.29, 1.82) is 0 Å². The normalized spacial score (nSPS) is 21.8. The van der Waals surface area contributed by atoms with Crippen LogP contribution in [0.5, 0.6) is 0 Å². The first-order valence-electron chi connectivity index (χ1n) is 6.79. The van der Waals surface area contributed by atoms with Gasteiger partial charge in [0.2, 0.25) is 10.0 Å². The van der Waals surface area contributed by atoms with Crippen LogP contribution in [0, 0.1) is 5.41 Å². The van der Waals surface area contributed by atoms with E-state index in [4.69, 9.17) is 11.6 Å². The van der Waals surface area contributed by atoms with Crippen molar-refractivity contribution in [3.8, 4) is 0 Å². The molecule has 1 aromatic rings. The van der Waals surface area contributed by atoms with Crippen LogP contribution in [0.15, 0.2) is 18.2 Å². The molecule has 0 saturated carbocycles. The summed E-state index contributed by atoms with van der Waals surface area (Å²) in [5.41, 5.74) is 1.48. The summed E-state index contributed by atoms with van der Waals surface area (Å²) in [6.45, 7) is 4.49. The summed E-state index contributed by atoms with van der Waals surface area (Å²) in [6, 6.07) is 5.43. The van der Waals surface area contributed by atoms with E-state index in [0.717, 1.165) is 24.1 Å². The topological polar surface area (TPSA) is 58.2 Å². The molecule has 2 N–H and O–H groups in total. The van der Waals surface area contributed by atoms with Crippen molar-refractivity contribution in [3.05, 3.63) is 23.2 Å². The molecule has 1 heterocycles. The van der Waals surface area contributed by atoms with Crippen LogP contribution in [0.3, 0.4) is 0 Å². The predicted octanol–water partition coefficient (Wildman–Crippen LogP) is 3.66. The van der Waals surface area contributed by atoms with Crippen LogP contribution >= 0.6 is 23.4 Å². The third-order valence-corrected chi connectivity index (χ3v) is 5.72. The van der Waals surface area contributed by atoms with Gasteiger partial charge < -0.3 is 5.32 Å². The zero-order valence-electron chi connectivity index (χ0n) is 12.4. The maximum absolute atomic E-state index is 11.3. The Morgan fingerprint density at radius 1 is 1.38 bits per heavy atom. The monoisotopic (exact) mass is 348 g/mol. The molecule has 1 aliphatic heterocycles. The lowest BCUT2D eigenvalue weighted by molar-refractivity contribution is 0.305. The SMILES string of the molecule is CC1(C)CCSCC1Nc1cc(NS(C)(=O)=O)ccc1Cl. The molecule has 0 bridgehead atoms. The number of hydrogen-bond acceptors (Lipinski definition) is 4. The second-order valence-electron chi connectivity index (χ2n) is 6.08. The Hall–Kier alpha value is -0.590. The molecule has 0 aromatic heterocycles. The van der Waals surface area contributed by atoms with Gasteiger partial charge in [0.1, 0.15) is 0 Å². The van der Waals surface area contributed by atoms with Gasteiger partial charge in [-0.05, 0) is 35.8 Å². The van der Waals surface area contributed by atoms with E-state index in [1.165, 1.54) is 5.75 Å². The van der Waals surface area contributed by atoms with Gasteiger partial charge in [0.25, 0.3) is 0 Å². The number of sulfonamides is 1. The van der Waals surface area contributed by atoms with Gasteiger partial charge in [-0.15, -0.1) is 0 Å². The van der Waals surface area contributed by atoms with E-state index in [-0.39, 0.29) is 5.41 Å². The summed E-state index contributed by atoms with van der Waals surface area (Å²) in [5, 5.41) is 4.08. The van der Waals surface area contributed by atoms with E-state index >= 15 is 0 Å². The van der Waals surface area contributed by atoms with Gasteiger partial charge in [-0.3, -0.25) is 4.72 Å². The summed E-state index contributed by atoms with van der Waals surface area (Å²) >= 11 is 8.16. The summed E-state index contributed by atoms with van der Waals surface area (Å²) < 4.78 is 25.1. The number of hydrogen-bond donors (Lipinski definition) is 2. The highest BCUT2D eigenvalue weighted by Gasteiger charge is 2.32. The number of anilines is 2. The van der Waals surface area contributed by atoms with Gasteiger partial charge in [-0.2, -0.15) is 11.8 Å². The predicted molar refractivity (Wildman–Crippen MR) is 93.1 cm³/mol. The molecule has 4 nitrogen and oxygen atoms in total. The number of halogens is 1. The first kappa shape index (κ1) is 16.8. The number of rotatable bonds is 4. The maximum atomic E-state index is 11.3. The molecular weight excluding hydrogens is 328 g/mol. The van der Waals surface area contributed by atoms with Gasteiger partial charge >= 0.3 is 0 Å². The Morgan fingerprint density at radius 3 is 2.71 bits per heavy atom. The van der Waals surface area contributed by atoms with Crippen molar-refractivity contribution in [2.45, 2.75) is 26.3 Å². The average molecular weight is 349 g/mol. The zero-order valence-corrected chi connectivity index (χ0v) is 14.8. The summed E-state index contributed by atoms with van der Waals surface area (Å²) in [4.78, 5) is 0.